The van der Waals surface area contributed by atoms with Gasteiger partial charge in [0.1, 0.15) is 11.3 Å². The van der Waals surface area contributed by atoms with E-state index in [1.165, 1.54) is 16.9 Å². The predicted molar refractivity (Wildman–Crippen MR) is 82.1 cm³/mol. The predicted octanol–water partition coefficient (Wildman–Crippen LogP) is 1.98. The maximum absolute atomic E-state index is 11.9. The Bertz CT molecular complexity index is 631. The maximum Gasteiger partial charge on any atom is 0.226 e. The first-order valence-corrected chi connectivity index (χ1v) is 7.81. The van der Waals surface area contributed by atoms with Gasteiger partial charge in [-0.2, -0.15) is 0 Å². The summed E-state index contributed by atoms with van der Waals surface area (Å²) in [5.41, 5.74) is 3.04. The number of thiazole rings is 1. The number of hydrogen-bond donors (Lipinski definition) is 2. The van der Waals surface area contributed by atoms with Gasteiger partial charge >= 0.3 is 0 Å². The van der Waals surface area contributed by atoms with Gasteiger partial charge in [-0.05, 0) is 19.0 Å². The standard InChI is InChI=1S/C15H17N3O2S/c19-14(17-8-11-1-4-16-5-2-11)7-13-10-21-15(18-13)12-3-6-20-9-12/h1,3,6,9-10,16H,2,4-5,7-8H2,(H,17,19). The van der Waals surface area contributed by atoms with Crippen LogP contribution in [0.4, 0.5) is 0 Å². The van der Waals surface area contributed by atoms with Crippen molar-refractivity contribution in [2.75, 3.05) is 19.6 Å². The van der Waals surface area contributed by atoms with Crippen molar-refractivity contribution in [2.24, 2.45) is 0 Å². The third kappa shape index (κ3) is 3.80. The molecule has 0 saturated heterocycles. The van der Waals surface area contributed by atoms with Crippen molar-refractivity contribution in [1.29, 1.82) is 0 Å². The van der Waals surface area contributed by atoms with Gasteiger partial charge in [-0.25, -0.2) is 4.98 Å². The molecule has 2 N–H and O–H groups in total. The van der Waals surface area contributed by atoms with Crippen molar-refractivity contribution in [3.05, 3.63) is 41.3 Å². The number of carbonyl (C=O) groups excluding carboxylic acids is 1. The molecule has 1 aliphatic heterocycles. The summed E-state index contributed by atoms with van der Waals surface area (Å²) in [4.78, 5) is 16.4. The molecule has 1 aliphatic rings. The van der Waals surface area contributed by atoms with Crippen LogP contribution in [-0.2, 0) is 11.2 Å². The van der Waals surface area contributed by atoms with Gasteiger partial charge in [-0.3, -0.25) is 4.79 Å². The topological polar surface area (TPSA) is 67.2 Å². The number of amides is 1. The Balaban J connectivity index is 1.52. The van der Waals surface area contributed by atoms with Crippen molar-refractivity contribution < 1.29 is 9.21 Å². The van der Waals surface area contributed by atoms with Crippen LogP contribution in [0.3, 0.4) is 0 Å². The van der Waals surface area contributed by atoms with E-state index in [4.69, 9.17) is 4.42 Å². The number of carbonyl (C=O) groups is 1. The Morgan fingerprint density at radius 1 is 1.52 bits per heavy atom. The van der Waals surface area contributed by atoms with Crippen molar-refractivity contribution >= 4 is 17.2 Å². The molecule has 2 aromatic heterocycles. The van der Waals surface area contributed by atoms with E-state index in [1.54, 1.807) is 12.5 Å². The monoisotopic (exact) mass is 303 g/mol. The molecule has 3 rings (SSSR count). The van der Waals surface area contributed by atoms with Gasteiger partial charge in [0.05, 0.1) is 18.4 Å². The lowest BCUT2D eigenvalue weighted by Crippen LogP contribution is -2.30. The summed E-state index contributed by atoms with van der Waals surface area (Å²) in [5.74, 6) is 0.0125. The summed E-state index contributed by atoms with van der Waals surface area (Å²) in [6, 6.07) is 1.87. The smallest absolute Gasteiger partial charge is 0.226 e. The lowest BCUT2D eigenvalue weighted by molar-refractivity contribution is -0.120. The fourth-order valence-corrected chi connectivity index (χ4v) is 2.98. The molecule has 21 heavy (non-hydrogen) atoms. The summed E-state index contributed by atoms with van der Waals surface area (Å²) in [7, 11) is 0. The molecule has 2 aromatic rings. The van der Waals surface area contributed by atoms with Crippen molar-refractivity contribution in [2.45, 2.75) is 12.8 Å². The Morgan fingerprint density at radius 3 is 3.24 bits per heavy atom. The van der Waals surface area contributed by atoms with Crippen molar-refractivity contribution in [1.82, 2.24) is 15.6 Å². The summed E-state index contributed by atoms with van der Waals surface area (Å²) in [5, 5.41) is 9.01. The zero-order valence-electron chi connectivity index (χ0n) is 11.6. The first-order valence-electron chi connectivity index (χ1n) is 6.93. The number of nitrogens with zero attached hydrogens (tertiary/aromatic N) is 1. The molecule has 3 heterocycles. The Labute approximate surface area is 127 Å². The molecule has 1 amide bonds. The minimum Gasteiger partial charge on any atom is -0.472 e. The highest BCUT2D eigenvalue weighted by molar-refractivity contribution is 7.13. The highest BCUT2D eigenvalue weighted by Gasteiger charge is 2.10. The van der Waals surface area contributed by atoms with Crippen LogP contribution in [-0.4, -0.2) is 30.5 Å². The quantitative estimate of drug-likeness (QED) is 0.829. The van der Waals surface area contributed by atoms with Gasteiger partial charge in [0.2, 0.25) is 5.91 Å². The lowest BCUT2D eigenvalue weighted by atomic mass is 10.1. The van der Waals surface area contributed by atoms with Crippen LogP contribution < -0.4 is 10.6 Å². The molecule has 0 bridgehead atoms. The van der Waals surface area contributed by atoms with Gasteiger partial charge in [0.15, 0.2) is 0 Å². The zero-order valence-corrected chi connectivity index (χ0v) is 12.4. The van der Waals surface area contributed by atoms with Gasteiger partial charge < -0.3 is 15.1 Å². The summed E-state index contributed by atoms with van der Waals surface area (Å²) < 4.78 is 5.04. The fraction of sp³-hybridized carbons (Fsp3) is 0.333. The molecule has 6 heteroatoms. The second-order valence-electron chi connectivity index (χ2n) is 4.93. The number of hydrogen-bond acceptors (Lipinski definition) is 5. The number of furan rings is 1. The van der Waals surface area contributed by atoms with Gasteiger partial charge in [0.25, 0.3) is 0 Å². The van der Waals surface area contributed by atoms with E-state index in [1.807, 2.05) is 11.4 Å². The first-order chi connectivity index (χ1) is 10.3. The lowest BCUT2D eigenvalue weighted by Gasteiger charge is -2.14. The second-order valence-corrected chi connectivity index (χ2v) is 5.78. The van der Waals surface area contributed by atoms with E-state index in [2.05, 4.69) is 21.7 Å². The van der Waals surface area contributed by atoms with E-state index >= 15 is 0 Å². The fourth-order valence-electron chi connectivity index (χ4n) is 2.18. The van der Waals surface area contributed by atoms with Gasteiger partial charge in [-0.15, -0.1) is 11.3 Å². The summed E-state index contributed by atoms with van der Waals surface area (Å²) >= 11 is 1.52. The molecular formula is C15H17N3O2S. The molecular weight excluding hydrogens is 286 g/mol. The molecule has 110 valence electrons. The molecule has 0 atom stereocenters. The average Bonchev–Trinajstić information content (AvgIpc) is 3.17. The van der Waals surface area contributed by atoms with Gasteiger partial charge in [0, 0.05) is 24.0 Å². The van der Waals surface area contributed by atoms with Crippen LogP contribution >= 0.6 is 11.3 Å². The molecule has 0 saturated carbocycles. The Kier molecular flexibility index (Phi) is 4.47. The maximum atomic E-state index is 11.9. The van der Waals surface area contributed by atoms with E-state index < -0.39 is 0 Å². The Morgan fingerprint density at radius 2 is 2.48 bits per heavy atom. The van der Waals surface area contributed by atoms with E-state index in [0.29, 0.717) is 13.0 Å². The molecule has 5 nitrogen and oxygen atoms in total. The number of rotatable bonds is 5. The van der Waals surface area contributed by atoms with Crippen molar-refractivity contribution in [3.63, 3.8) is 0 Å². The number of aromatic nitrogens is 1. The minimum absolute atomic E-state index is 0.0125. The SMILES string of the molecule is O=C(Cc1csc(-c2ccoc2)n1)NCC1=CCNCC1. The van der Waals surface area contributed by atoms with E-state index in [0.717, 1.165) is 35.8 Å². The highest BCUT2D eigenvalue weighted by Crippen LogP contribution is 2.24. The second kappa shape index (κ2) is 6.69. The minimum atomic E-state index is 0.0125. The highest BCUT2D eigenvalue weighted by atomic mass is 32.1. The van der Waals surface area contributed by atoms with Crippen LogP contribution in [0.15, 0.2) is 40.0 Å². The first kappa shape index (κ1) is 14.0. The molecule has 0 fully saturated rings. The normalized spacial score (nSPS) is 14.8. The molecule has 0 aliphatic carbocycles. The molecule has 0 unspecified atom stereocenters. The van der Waals surface area contributed by atoms with Crippen LogP contribution in [0.2, 0.25) is 0 Å². The van der Waals surface area contributed by atoms with Crippen LogP contribution in [0, 0.1) is 0 Å². The van der Waals surface area contributed by atoms with Gasteiger partial charge in [-0.1, -0.05) is 11.6 Å². The van der Waals surface area contributed by atoms with Crippen LogP contribution in [0.1, 0.15) is 12.1 Å². The van der Waals surface area contributed by atoms with E-state index in [-0.39, 0.29) is 5.91 Å². The molecule has 0 radical (unpaired) electrons. The summed E-state index contributed by atoms with van der Waals surface area (Å²) in [6.07, 6.45) is 6.74. The zero-order chi connectivity index (χ0) is 14.5. The third-order valence-electron chi connectivity index (χ3n) is 3.33. The Hall–Kier alpha value is -1.92. The molecule has 0 aromatic carbocycles. The van der Waals surface area contributed by atoms with E-state index in [9.17, 15) is 4.79 Å². The van der Waals surface area contributed by atoms with Crippen LogP contribution in [0.25, 0.3) is 10.6 Å². The number of nitrogens with one attached hydrogen (secondary N) is 2. The summed E-state index contributed by atoms with van der Waals surface area (Å²) in [6.45, 7) is 2.52. The van der Waals surface area contributed by atoms with Crippen molar-refractivity contribution in [3.8, 4) is 10.6 Å². The van der Waals surface area contributed by atoms with Crippen LogP contribution in [0.5, 0.6) is 0 Å². The molecule has 0 spiro atoms. The average molecular weight is 303 g/mol. The third-order valence-corrected chi connectivity index (χ3v) is 4.27. The largest absolute Gasteiger partial charge is 0.472 e.